The van der Waals surface area contributed by atoms with E-state index in [4.69, 9.17) is 22.4 Å². The van der Waals surface area contributed by atoms with Gasteiger partial charge >= 0.3 is 0 Å². The molecule has 0 saturated heterocycles. The third kappa shape index (κ3) is 5.41. The van der Waals surface area contributed by atoms with Crippen LogP contribution < -0.4 is 23.2 Å². The molecule has 112 valence electrons. The van der Waals surface area contributed by atoms with Crippen molar-refractivity contribution in [2.75, 3.05) is 12.3 Å². The second-order valence-corrected chi connectivity index (χ2v) is 4.68. The average Bonchev–Trinajstić information content (AvgIpc) is 2.73. The van der Waals surface area contributed by atoms with Gasteiger partial charge in [0.2, 0.25) is 0 Å². The zero-order valence-electron chi connectivity index (χ0n) is 11.7. The Hall–Kier alpha value is -1.23. The SMILES string of the molecule is CCCCO.Cc1[nH][nH+]c(-c2ccc(Cl)cc2)c1N.[Cl-]. The number of aliphatic hydroxyl groups excluding tert-OH is 1. The van der Waals surface area contributed by atoms with Crippen LogP contribution >= 0.6 is 11.6 Å². The van der Waals surface area contributed by atoms with Crippen LogP contribution in [0.25, 0.3) is 11.3 Å². The number of unbranched alkanes of at least 4 members (excludes halogenated alkanes) is 1. The summed E-state index contributed by atoms with van der Waals surface area (Å²) in [6.45, 7) is 4.32. The Morgan fingerprint density at radius 2 is 1.90 bits per heavy atom. The monoisotopic (exact) mass is 317 g/mol. The van der Waals surface area contributed by atoms with Crippen LogP contribution in [0.1, 0.15) is 25.5 Å². The summed E-state index contributed by atoms with van der Waals surface area (Å²) in [6.07, 6.45) is 2.04. The molecule has 0 aliphatic heterocycles. The highest BCUT2D eigenvalue weighted by molar-refractivity contribution is 6.30. The molecule has 5 N–H and O–H groups in total. The summed E-state index contributed by atoms with van der Waals surface area (Å²) in [4.78, 5) is 0. The van der Waals surface area contributed by atoms with Crippen LogP contribution in [0.3, 0.4) is 0 Å². The maximum atomic E-state index is 8.07. The predicted octanol–water partition coefficient (Wildman–Crippen LogP) is -0.177. The number of nitrogens with two attached hydrogens (primary N) is 1. The number of anilines is 1. The van der Waals surface area contributed by atoms with Crippen molar-refractivity contribution in [3.63, 3.8) is 0 Å². The van der Waals surface area contributed by atoms with Crippen molar-refractivity contribution in [1.29, 1.82) is 0 Å². The number of nitrogen functional groups attached to an aromatic ring is 1. The molecule has 1 aromatic carbocycles. The minimum Gasteiger partial charge on any atom is -1.00 e. The van der Waals surface area contributed by atoms with E-state index in [1.54, 1.807) is 0 Å². The van der Waals surface area contributed by atoms with Crippen molar-refractivity contribution < 1.29 is 22.6 Å². The number of nitrogens with one attached hydrogen (secondary N) is 2. The third-order valence-electron chi connectivity index (χ3n) is 2.69. The lowest BCUT2D eigenvalue weighted by molar-refractivity contribution is -0.437. The van der Waals surface area contributed by atoms with Gasteiger partial charge in [0, 0.05) is 11.6 Å². The molecule has 20 heavy (non-hydrogen) atoms. The van der Waals surface area contributed by atoms with Gasteiger partial charge < -0.3 is 23.2 Å². The number of rotatable bonds is 3. The van der Waals surface area contributed by atoms with E-state index in [0.717, 1.165) is 40.5 Å². The van der Waals surface area contributed by atoms with E-state index in [1.807, 2.05) is 31.2 Å². The Morgan fingerprint density at radius 1 is 1.30 bits per heavy atom. The molecule has 0 radical (unpaired) electrons. The van der Waals surface area contributed by atoms with Gasteiger partial charge in [-0.1, -0.05) is 24.9 Å². The van der Waals surface area contributed by atoms with E-state index in [-0.39, 0.29) is 12.4 Å². The van der Waals surface area contributed by atoms with Crippen molar-refractivity contribution in [2.24, 2.45) is 0 Å². The average molecular weight is 318 g/mol. The zero-order valence-corrected chi connectivity index (χ0v) is 13.2. The molecule has 0 spiro atoms. The van der Waals surface area contributed by atoms with Crippen molar-refractivity contribution in [2.45, 2.75) is 26.7 Å². The molecular weight excluding hydrogens is 297 g/mol. The molecular formula is C14H21Cl2N3O. The Kier molecular flexibility index (Phi) is 9.05. The van der Waals surface area contributed by atoms with Crippen LogP contribution in [0.4, 0.5) is 5.69 Å². The number of H-pyrrole nitrogens is 2. The second-order valence-electron chi connectivity index (χ2n) is 4.25. The van der Waals surface area contributed by atoms with Crippen molar-refractivity contribution in [1.82, 2.24) is 5.10 Å². The van der Waals surface area contributed by atoms with Crippen LogP contribution in [-0.2, 0) is 0 Å². The van der Waals surface area contributed by atoms with Gasteiger partial charge in [-0.2, -0.15) is 5.10 Å². The topological polar surface area (TPSA) is 76.2 Å². The molecule has 2 aromatic rings. The number of aryl methyl sites for hydroxylation is 1. The highest BCUT2D eigenvalue weighted by atomic mass is 35.5. The number of hydrogen-bond donors (Lipinski definition) is 3. The number of halogens is 2. The molecule has 2 rings (SSSR count). The largest absolute Gasteiger partial charge is 1.00 e. The van der Waals surface area contributed by atoms with Crippen LogP contribution in [-0.4, -0.2) is 16.8 Å². The summed E-state index contributed by atoms with van der Waals surface area (Å²) in [6, 6.07) is 7.54. The molecule has 0 fully saturated rings. The molecule has 6 heteroatoms. The van der Waals surface area contributed by atoms with Crippen LogP contribution in [0.5, 0.6) is 0 Å². The molecule has 0 aliphatic carbocycles. The van der Waals surface area contributed by atoms with Gasteiger partial charge in [-0.05, 0) is 37.6 Å². The standard InChI is InChI=1S/C10H10ClN3.C4H10O.ClH/c1-6-9(12)10(14-13-6)7-2-4-8(11)5-3-7;1-2-3-4-5;/h2-5H,12H2,1H3,(H,13,14);5H,2-4H2,1H3;1H. The fourth-order valence-electron chi connectivity index (χ4n) is 1.48. The van der Waals surface area contributed by atoms with E-state index in [1.165, 1.54) is 0 Å². The van der Waals surface area contributed by atoms with Crippen molar-refractivity contribution >= 4 is 17.3 Å². The van der Waals surface area contributed by atoms with Crippen molar-refractivity contribution in [3.8, 4) is 11.3 Å². The first-order valence-electron chi connectivity index (χ1n) is 6.32. The highest BCUT2D eigenvalue weighted by Crippen LogP contribution is 2.24. The maximum Gasteiger partial charge on any atom is 0.258 e. The molecule has 0 aliphatic rings. The van der Waals surface area contributed by atoms with E-state index in [9.17, 15) is 0 Å². The molecule has 1 aromatic heterocycles. The smallest absolute Gasteiger partial charge is 0.258 e. The Labute approximate surface area is 130 Å². The Morgan fingerprint density at radius 3 is 2.25 bits per heavy atom. The lowest BCUT2D eigenvalue weighted by atomic mass is 10.1. The molecule has 0 bridgehead atoms. The quantitative estimate of drug-likeness (QED) is 0.734. The van der Waals surface area contributed by atoms with Crippen LogP contribution in [0.15, 0.2) is 24.3 Å². The van der Waals surface area contributed by atoms with E-state index in [0.29, 0.717) is 6.61 Å². The van der Waals surface area contributed by atoms with Gasteiger partial charge in [-0.15, -0.1) is 5.10 Å². The van der Waals surface area contributed by atoms with Gasteiger partial charge in [0.1, 0.15) is 5.69 Å². The van der Waals surface area contributed by atoms with Gasteiger partial charge in [-0.3, -0.25) is 0 Å². The molecule has 0 amide bonds. The Bertz CT molecular complexity index is 496. The summed E-state index contributed by atoms with van der Waals surface area (Å²) >= 11 is 5.79. The Balaban J connectivity index is 0.000000526. The van der Waals surface area contributed by atoms with Gasteiger partial charge in [-0.25, -0.2) is 0 Å². The molecule has 4 nitrogen and oxygen atoms in total. The number of hydrogen-bond acceptors (Lipinski definition) is 2. The second kappa shape index (κ2) is 9.64. The lowest BCUT2D eigenvalue weighted by Gasteiger charge is -1.93. The minimum atomic E-state index is 0. The summed E-state index contributed by atoms with van der Waals surface area (Å²) in [5.41, 5.74) is 9.49. The predicted molar refractivity (Wildman–Crippen MR) is 78.9 cm³/mol. The zero-order chi connectivity index (χ0) is 14.3. The normalized spacial score (nSPS) is 9.40. The summed E-state index contributed by atoms with van der Waals surface area (Å²) in [5, 5.41) is 14.8. The number of aliphatic hydroxyl groups is 1. The summed E-state index contributed by atoms with van der Waals surface area (Å²) in [5.74, 6) is 0. The van der Waals surface area contributed by atoms with Gasteiger partial charge in [0.15, 0.2) is 0 Å². The number of benzene rings is 1. The van der Waals surface area contributed by atoms with E-state index >= 15 is 0 Å². The molecule has 0 saturated carbocycles. The van der Waals surface area contributed by atoms with Gasteiger partial charge in [0.05, 0.1) is 11.3 Å². The number of aromatic amines is 2. The third-order valence-corrected chi connectivity index (χ3v) is 2.94. The lowest BCUT2D eigenvalue weighted by Crippen LogP contribution is -3.00. The van der Waals surface area contributed by atoms with E-state index < -0.39 is 0 Å². The van der Waals surface area contributed by atoms with Crippen molar-refractivity contribution in [3.05, 3.63) is 35.0 Å². The highest BCUT2D eigenvalue weighted by Gasteiger charge is 2.14. The summed E-state index contributed by atoms with van der Waals surface area (Å²) < 4.78 is 0. The molecule has 0 unspecified atom stereocenters. The van der Waals surface area contributed by atoms with Gasteiger partial charge in [0.25, 0.3) is 5.69 Å². The van der Waals surface area contributed by atoms with E-state index in [2.05, 4.69) is 17.1 Å². The summed E-state index contributed by atoms with van der Waals surface area (Å²) in [7, 11) is 0. The minimum absolute atomic E-state index is 0. The maximum absolute atomic E-state index is 8.07. The number of aromatic nitrogens is 2. The molecule has 0 atom stereocenters. The first kappa shape index (κ1) is 18.8. The fraction of sp³-hybridized carbons (Fsp3) is 0.357. The van der Waals surface area contributed by atoms with Crippen LogP contribution in [0.2, 0.25) is 5.02 Å². The molecule has 1 heterocycles. The first-order valence-corrected chi connectivity index (χ1v) is 6.70. The first-order chi connectivity index (χ1) is 9.10. The van der Waals surface area contributed by atoms with Crippen LogP contribution in [0, 0.1) is 6.92 Å². The fourth-order valence-corrected chi connectivity index (χ4v) is 1.61.